The number of nitrogens with zero attached hydrogens (tertiary/aromatic N) is 2. The van der Waals surface area contributed by atoms with E-state index in [2.05, 4.69) is 17.3 Å². The van der Waals surface area contributed by atoms with Crippen molar-refractivity contribution in [1.82, 2.24) is 10.2 Å². The van der Waals surface area contributed by atoms with Gasteiger partial charge in [-0.25, -0.2) is 4.39 Å². The fourth-order valence-electron chi connectivity index (χ4n) is 2.65. The van der Waals surface area contributed by atoms with Crippen molar-refractivity contribution in [2.75, 3.05) is 20.1 Å². The summed E-state index contributed by atoms with van der Waals surface area (Å²) in [6.45, 7) is 2.18. The lowest BCUT2D eigenvalue weighted by molar-refractivity contribution is -0.385. The second-order valence-corrected chi connectivity index (χ2v) is 5.29. The first-order chi connectivity index (χ1) is 9.58. The van der Waals surface area contributed by atoms with Crippen molar-refractivity contribution < 1.29 is 9.31 Å². The minimum Gasteiger partial charge on any atom is -0.311 e. The Morgan fingerprint density at radius 3 is 3.00 bits per heavy atom. The highest BCUT2D eigenvalue weighted by atomic mass is 19.1. The summed E-state index contributed by atoms with van der Waals surface area (Å²) in [4.78, 5) is 12.7. The molecule has 1 aromatic carbocycles. The topological polar surface area (TPSA) is 58.4 Å². The normalized spacial score (nSPS) is 20.0. The van der Waals surface area contributed by atoms with Crippen LogP contribution in [0.5, 0.6) is 0 Å². The van der Waals surface area contributed by atoms with Crippen molar-refractivity contribution in [3.8, 4) is 0 Å². The van der Waals surface area contributed by atoms with Gasteiger partial charge in [0, 0.05) is 30.8 Å². The summed E-state index contributed by atoms with van der Waals surface area (Å²) in [7, 11) is 2.09. The zero-order valence-electron chi connectivity index (χ0n) is 11.6. The van der Waals surface area contributed by atoms with Crippen molar-refractivity contribution in [1.29, 1.82) is 0 Å². The van der Waals surface area contributed by atoms with E-state index in [1.807, 2.05) is 0 Å². The summed E-state index contributed by atoms with van der Waals surface area (Å²) in [6, 6.07) is 4.03. The molecule has 0 aromatic heterocycles. The number of benzene rings is 1. The van der Waals surface area contributed by atoms with Crippen LogP contribution in [0, 0.1) is 15.9 Å². The fraction of sp³-hybridized carbons (Fsp3) is 0.571. The molecule has 0 bridgehead atoms. The van der Waals surface area contributed by atoms with E-state index in [0.717, 1.165) is 25.6 Å². The predicted octanol–water partition coefficient (Wildman–Crippen LogP) is 2.31. The third-order valence-electron chi connectivity index (χ3n) is 3.86. The van der Waals surface area contributed by atoms with Crippen LogP contribution in [0.15, 0.2) is 18.2 Å². The molecule has 1 unspecified atom stereocenters. The maximum atomic E-state index is 13.2. The molecule has 1 aliphatic heterocycles. The van der Waals surface area contributed by atoms with E-state index in [9.17, 15) is 14.5 Å². The number of piperidine rings is 1. The molecule has 1 N–H and O–H groups in total. The molecule has 1 fully saturated rings. The number of halogens is 1. The van der Waals surface area contributed by atoms with Gasteiger partial charge in [0.15, 0.2) is 0 Å². The third-order valence-corrected chi connectivity index (χ3v) is 3.86. The fourth-order valence-corrected chi connectivity index (χ4v) is 2.65. The van der Waals surface area contributed by atoms with E-state index in [-0.39, 0.29) is 5.69 Å². The first-order valence-corrected chi connectivity index (χ1v) is 6.91. The van der Waals surface area contributed by atoms with Gasteiger partial charge < -0.3 is 10.2 Å². The highest BCUT2D eigenvalue weighted by Gasteiger charge is 2.19. The standard InChI is InChI=1S/C14H20FN3O2/c1-17-7-3-2-4-13(17)10-16-9-11-8-12(15)5-6-14(11)18(19)20/h5-6,8,13,16H,2-4,7,9-10H2,1H3. The minimum atomic E-state index is -0.469. The number of nitro benzene ring substituents is 1. The van der Waals surface area contributed by atoms with Gasteiger partial charge in [0.1, 0.15) is 5.82 Å². The van der Waals surface area contributed by atoms with E-state index in [1.54, 1.807) is 0 Å². The monoisotopic (exact) mass is 281 g/mol. The first-order valence-electron chi connectivity index (χ1n) is 6.91. The van der Waals surface area contributed by atoms with Crippen LogP contribution >= 0.6 is 0 Å². The summed E-state index contributed by atoms with van der Waals surface area (Å²) in [6.07, 6.45) is 3.58. The molecule has 0 spiro atoms. The molecule has 0 amide bonds. The lowest BCUT2D eigenvalue weighted by Gasteiger charge is -2.32. The van der Waals surface area contributed by atoms with Crippen molar-refractivity contribution >= 4 is 5.69 Å². The summed E-state index contributed by atoms with van der Waals surface area (Å²) in [5.74, 6) is -0.442. The molecule has 1 saturated heterocycles. The largest absolute Gasteiger partial charge is 0.311 e. The van der Waals surface area contributed by atoms with Crippen LogP contribution in [-0.4, -0.2) is 36.0 Å². The molecule has 2 rings (SSSR count). The summed E-state index contributed by atoms with van der Waals surface area (Å²) in [5, 5.41) is 14.1. The van der Waals surface area contributed by atoms with Gasteiger partial charge in [-0.3, -0.25) is 10.1 Å². The Morgan fingerprint density at radius 1 is 1.50 bits per heavy atom. The van der Waals surface area contributed by atoms with Crippen molar-refractivity contribution in [3.05, 3.63) is 39.7 Å². The lowest BCUT2D eigenvalue weighted by atomic mass is 10.0. The van der Waals surface area contributed by atoms with Gasteiger partial charge in [0.2, 0.25) is 0 Å². The number of nitrogens with one attached hydrogen (secondary N) is 1. The second kappa shape index (κ2) is 6.76. The predicted molar refractivity (Wildman–Crippen MR) is 75.0 cm³/mol. The van der Waals surface area contributed by atoms with E-state index in [4.69, 9.17) is 0 Å². The van der Waals surface area contributed by atoms with Gasteiger partial charge in [-0.15, -0.1) is 0 Å². The molecule has 1 aromatic rings. The van der Waals surface area contributed by atoms with Gasteiger partial charge in [-0.1, -0.05) is 6.42 Å². The quantitative estimate of drug-likeness (QED) is 0.664. The van der Waals surface area contributed by atoms with Gasteiger partial charge in [0.05, 0.1) is 4.92 Å². The maximum Gasteiger partial charge on any atom is 0.274 e. The van der Waals surface area contributed by atoms with Crippen LogP contribution in [0.2, 0.25) is 0 Å². The Labute approximate surface area is 117 Å². The average Bonchev–Trinajstić information content (AvgIpc) is 2.41. The van der Waals surface area contributed by atoms with Crippen LogP contribution < -0.4 is 5.32 Å². The van der Waals surface area contributed by atoms with E-state index in [1.165, 1.54) is 25.0 Å². The van der Waals surface area contributed by atoms with Crippen LogP contribution in [-0.2, 0) is 6.54 Å². The molecule has 6 heteroatoms. The molecular formula is C14H20FN3O2. The number of nitro groups is 1. The number of rotatable bonds is 5. The van der Waals surface area contributed by atoms with Crippen molar-refractivity contribution in [2.45, 2.75) is 31.8 Å². The molecule has 1 aliphatic rings. The first kappa shape index (κ1) is 14.9. The van der Waals surface area contributed by atoms with Crippen LogP contribution in [0.1, 0.15) is 24.8 Å². The molecule has 20 heavy (non-hydrogen) atoms. The number of likely N-dealkylation sites (tertiary alicyclic amines) is 1. The Kier molecular flexibility index (Phi) is 5.03. The van der Waals surface area contributed by atoms with Crippen LogP contribution in [0.4, 0.5) is 10.1 Å². The third kappa shape index (κ3) is 3.74. The smallest absolute Gasteiger partial charge is 0.274 e. The molecule has 1 atom stereocenters. The van der Waals surface area contributed by atoms with Gasteiger partial charge in [-0.05, 0) is 38.6 Å². The lowest BCUT2D eigenvalue weighted by Crippen LogP contribution is -2.42. The summed E-state index contributed by atoms with van der Waals surface area (Å²) >= 11 is 0. The summed E-state index contributed by atoms with van der Waals surface area (Å²) in [5.41, 5.74) is 0.365. The molecule has 0 saturated carbocycles. The molecule has 1 heterocycles. The summed E-state index contributed by atoms with van der Waals surface area (Å²) < 4.78 is 13.2. The van der Waals surface area contributed by atoms with E-state index in [0.29, 0.717) is 18.2 Å². The molecular weight excluding hydrogens is 261 g/mol. The van der Waals surface area contributed by atoms with Gasteiger partial charge in [0.25, 0.3) is 5.69 Å². The van der Waals surface area contributed by atoms with Crippen molar-refractivity contribution in [2.24, 2.45) is 0 Å². The van der Waals surface area contributed by atoms with Gasteiger partial charge >= 0.3 is 0 Å². The number of hydrogen-bond acceptors (Lipinski definition) is 4. The Balaban J connectivity index is 1.93. The Morgan fingerprint density at radius 2 is 2.30 bits per heavy atom. The minimum absolute atomic E-state index is 0.0316. The Bertz CT molecular complexity index is 481. The van der Waals surface area contributed by atoms with Crippen LogP contribution in [0.3, 0.4) is 0 Å². The molecule has 5 nitrogen and oxygen atoms in total. The average molecular weight is 281 g/mol. The highest BCUT2D eigenvalue weighted by Crippen LogP contribution is 2.20. The Hall–Kier alpha value is -1.53. The SMILES string of the molecule is CN1CCCCC1CNCc1cc(F)ccc1[N+](=O)[O-]. The maximum absolute atomic E-state index is 13.2. The molecule has 0 radical (unpaired) electrons. The highest BCUT2D eigenvalue weighted by molar-refractivity contribution is 5.40. The van der Waals surface area contributed by atoms with E-state index >= 15 is 0 Å². The number of likely N-dealkylation sites (N-methyl/N-ethyl adjacent to an activating group) is 1. The zero-order chi connectivity index (χ0) is 14.5. The number of hydrogen-bond donors (Lipinski definition) is 1. The van der Waals surface area contributed by atoms with Gasteiger partial charge in [-0.2, -0.15) is 0 Å². The van der Waals surface area contributed by atoms with Crippen molar-refractivity contribution in [3.63, 3.8) is 0 Å². The second-order valence-electron chi connectivity index (χ2n) is 5.29. The van der Waals surface area contributed by atoms with Crippen LogP contribution in [0.25, 0.3) is 0 Å². The molecule has 110 valence electrons. The van der Waals surface area contributed by atoms with E-state index < -0.39 is 10.7 Å². The molecule has 0 aliphatic carbocycles. The zero-order valence-corrected chi connectivity index (χ0v) is 11.6.